The predicted molar refractivity (Wildman–Crippen MR) is 114 cm³/mol. The fourth-order valence-electron chi connectivity index (χ4n) is 3.10. The van der Waals surface area contributed by atoms with Crippen LogP contribution in [0.25, 0.3) is 0 Å². The van der Waals surface area contributed by atoms with Crippen LogP contribution in [0.2, 0.25) is 0 Å². The summed E-state index contributed by atoms with van der Waals surface area (Å²) in [6.07, 6.45) is -0.725. The summed E-state index contributed by atoms with van der Waals surface area (Å²) in [4.78, 5) is 11.9. The van der Waals surface area contributed by atoms with Gasteiger partial charge in [0.2, 0.25) is 0 Å². The highest BCUT2D eigenvalue weighted by molar-refractivity contribution is 5.60. The van der Waals surface area contributed by atoms with Crippen LogP contribution in [0.1, 0.15) is 63.8 Å². The van der Waals surface area contributed by atoms with E-state index in [1.165, 1.54) is 0 Å². The zero-order valence-electron chi connectivity index (χ0n) is 17.8. The average Bonchev–Trinajstić information content (AvgIpc) is 2.56. The molecule has 0 heterocycles. The fraction of sp³-hybridized carbons (Fsp3) is 0.435. The number of benzene rings is 2. The molecule has 2 aromatic rings. The van der Waals surface area contributed by atoms with E-state index in [0.717, 1.165) is 22.3 Å². The number of hydrogen-bond acceptors (Lipinski definition) is 5. The zero-order chi connectivity index (χ0) is 21.1. The summed E-state index contributed by atoms with van der Waals surface area (Å²) in [6.45, 7) is 12.8. The van der Waals surface area contributed by atoms with Crippen LogP contribution >= 0.6 is 0 Å². The lowest BCUT2D eigenvalue weighted by Gasteiger charge is -2.22. The van der Waals surface area contributed by atoms with Gasteiger partial charge in [-0.05, 0) is 45.2 Å². The minimum absolute atomic E-state index is 0.0349. The van der Waals surface area contributed by atoms with Crippen molar-refractivity contribution in [1.82, 2.24) is 0 Å². The van der Waals surface area contributed by atoms with Gasteiger partial charge < -0.3 is 20.9 Å². The smallest absolute Gasteiger partial charge is 0.429 e. The molecule has 0 aliphatic rings. The lowest BCUT2D eigenvalue weighted by molar-refractivity contribution is 0.0446. The number of carbonyl (C=O) groups excluding carboxylic acids is 1. The normalized spacial score (nSPS) is 11.9. The van der Waals surface area contributed by atoms with Gasteiger partial charge in [0.05, 0.1) is 0 Å². The van der Waals surface area contributed by atoms with Crippen LogP contribution in [0.3, 0.4) is 0 Å². The number of carbonyl (C=O) groups is 1. The molecule has 0 fully saturated rings. The predicted octanol–water partition coefficient (Wildman–Crippen LogP) is 5.30. The maximum atomic E-state index is 11.9. The lowest BCUT2D eigenvalue weighted by atomic mass is 9.85. The molecule has 0 radical (unpaired) electrons. The Kier molecular flexibility index (Phi) is 6.27. The summed E-state index contributed by atoms with van der Waals surface area (Å²) >= 11 is 0. The van der Waals surface area contributed by atoms with E-state index in [1.807, 2.05) is 36.4 Å². The first-order chi connectivity index (χ1) is 12.9. The molecule has 0 atom stereocenters. The van der Waals surface area contributed by atoms with E-state index in [4.69, 9.17) is 20.9 Å². The maximum absolute atomic E-state index is 11.9. The molecule has 0 aliphatic carbocycles. The molecule has 28 heavy (non-hydrogen) atoms. The molecular formula is C23H32N2O3. The largest absolute Gasteiger partial charge is 0.508 e. The number of hydrogen-bond donors (Lipinski definition) is 2. The number of nitrogens with two attached hydrogens (primary N) is 2. The molecule has 0 aliphatic heterocycles. The van der Waals surface area contributed by atoms with Crippen molar-refractivity contribution in [2.75, 3.05) is 11.5 Å². The molecule has 0 spiro atoms. The first-order valence-electron chi connectivity index (χ1n) is 9.45. The van der Waals surface area contributed by atoms with Crippen LogP contribution in [0, 0.1) is 0 Å². The van der Waals surface area contributed by atoms with Crippen molar-refractivity contribution in [1.29, 1.82) is 0 Å². The number of nitrogen functional groups attached to an aromatic ring is 2. The second-order valence-corrected chi connectivity index (χ2v) is 9.17. The summed E-state index contributed by atoms with van der Waals surface area (Å²) in [7, 11) is 0. The van der Waals surface area contributed by atoms with E-state index < -0.39 is 6.16 Å². The molecule has 2 rings (SSSR count). The van der Waals surface area contributed by atoms with Gasteiger partial charge in [0.25, 0.3) is 0 Å². The highest BCUT2D eigenvalue weighted by Gasteiger charge is 2.18. The molecule has 5 heteroatoms. The molecular weight excluding hydrogens is 352 g/mol. The van der Waals surface area contributed by atoms with Crippen molar-refractivity contribution in [3.63, 3.8) is 0 Å². The van der Waals surface area contributed by atoms with E-state index in [0.29, 0.717) is 11.4 Å². The van der Waals surface area contributed by atoms with Gasteiger partial charge in [-0.15, -0.1) is 0 Å². The Labute approximate surface area is 168 Å². The molecule has 5 nitrogen and oxygen atoms in total. The van der Waals surface area contributed by atoms with Crippen LogP contribution in [0.5, 0.6) is 0 Å². The lowest BCUT2D eigenvalue weighted by Crippen LogP contribution is -2.15. The third-order valence-corrected chi connectivity index (χ3v) is 4.56. The third-order valence-electron chi connectivity index (χ3n) is 4.56. The highest BCUT2D eigenvalue weighted by atomic mass is 16.7. The highest BCUT2D eigenvalue weighted by Crippen LogP contribution is 2.29. The first-order valence-corrected chi connectivity index (χ1v) is 9.45. The average molecular weight is 385 g/mol. The van der Waals surface area contributed by atoms with Gasteiger partial charge in [0, 0.05) is 11.4 Å². The summed E-state index contributed by atoms with van der Waals surface area (Å²) in [5.74, 6) is 0. The maximum Gasteiger partial charge on any atom is 0.508 e. The van der Waals surface area contributed by atoms with Crippen molar-refractivity contribution in [2.24, 2.45) is 0 Å². The van der Waals surface area contributed by atoms with E-state index in [1.54, 1.807) is 0 Å². The van der Waals surface area contributed by atoms with Crippen LogP contribution in [-0.4, -0.2) is 6.16 Å². The molecule has 152 valence electrons. The molecule has 4 N–H and O–H groups in total. The Balaban J connectivity index is 1.90. The Bertz CT molecular complexity index is 776. The van der Waals surface area contributed by atoms with Gasteiger partial charge in [0.1, 0.15) is 13.2 Å². The minimum Gasteiger partial charge on any atom is -0.429 e. The van der Waals surface area contributed by atoms with Crippen LogP contribution in [-0.2, 0) is 33.5 Å². The minimum atomic E-state index is -0.725. The van der Waals surface area contributed by atoms with Crippen molar-refractivity contribution >= 4 is 17.5 Å². The Morgan fingerprint density at radius 3 is 1.39 bits per heavy atom. The van der Waals surface area contributed by atoms with Gasteiger partial charge in [-0.2, -0.15) is 0 Å². The second-order valence-electron chi connectivity index (χ2n) is 9.17. The van der Waals surface area contributed by atoms with Crippen LogP contribution < -0.4 is 11.5 Å². The van der Waals surface area contributed by atoms with Crippen LogP contribution in [0.15, 0.2) is 36.4 Å². The first kappa shape index (κ1) is 21.6. The molecule has 0 saturated heterocycles. The van der Waals surface area contributed by atoms with E-state index in [9.17, 15) is 4.79 Å². The van der Waals surface area contributed by atoms with Crippen molar-refractivity contribution in [3.05, 3.63) is 58.7 Å². The van der Waals surface area contributed by atoms with Gasteiger partial charge >= 0.3 is 6.16 Å². The fourth-order valence-corrected chi connectivity index (χ4v) is 3.10. The van der Waals surface area contributed by atoms with E-state index >= 15 is 0 Å². The summed E-state index contributed by atoms with van der Waals surface area (Å²) in [5, 5.41) is 0. The summed E-state index contributed by atoms with van der Waals surface area (Å²) < 4.78 is 10.4. The van der Waals surface area contributed by atoms with Crippen molar-refractivity contribution in [3.8, 4) is 0 Å². The van der Waals surface area contributed by atoms with Gasteiger partial charge in [-0.25, -0.2) is 4.79 Å². The molecule has 0 unspecified atom stereocenters. The quantitative estimate of drug-likeness (QED) is 0.552. The van der Waals surface area contributed by atoms with Crippen LogP contribution in [0.4, 0.5) is 16.2 Å². The van der Waals surface area contributed by atoms with Crippen molar-refractivity contribution in [2.45, 2.75) is 65.6 Å². The van der Waals surface area contributed by atoms with Gasteiger partial charge in [-0.3, -0.25) is 0 Å². The Hall–Kier alpha value is -2.69. The zero-order valence-corrected chi connectivity index (χ0v) is 17.8. The third kappa shape index (κ3) is 5.65. The molecule has 0 amide bonds. The molecule has 0 saturated carbocycles. The van der Waals surface area contributed by atoms with Gasteiger partial charge in [0.15, 0.2) is 0 Å². The topological polar surface area (TPSA) is 87.6 Å². The van der Waals surface area contributed by atoms with E-state index in [-0.39, 0.29) is 24.0 Å². The molecule has 2 aromatic carbocycles. The standard InChI is InChI=1S/C23H32N2O3/c1-22(2,3)17-9-7-15(11-19(17)24)13-27-21(26)28-14-16-8-10-18(20(25)12-16)23(4,5)6/h7-12H,13-14,24-25H2,1-6H3. The number of ether oxygens (including phenoxy) is 2. The summed E-state index contributed by atoms with van der Waals surface area (Å²) in [6, 6.07) is 11.4. The second kappa shape index (κ2) is 8.13. The monoisotopic (exact) mass is 384 g/mol. The number of rotatable bonds is 4. The van der Waals surface area contributed by atoms with Gasteiger partial charge in [-0.1, -0.05) is 65.8 Å². The molecule has 0 aromatic heterocycles. The van der Waals surface area contributed by atoms with Crippen molar-refractivity contribution < 1.29 is 14.3 Å². The number of anilines is 2. The molecule has 0 bridgehead atoms. The Morgan fingerprint density at radius 1 is 0.750 bits per heavy atom. The Morgan fingerprint density at radius 2 is 1.11 bits per heavy atom. The summed E-state index contributed by atoms with van der Waals surface area (Å²) in [5.41, 5.74) is 17.3. The SMILES string of the molecule is CC(C)(C)c1ccc(COC(=O)OCc2ccc(C(C)(C)C)c(N)c2)cc1N. The van der Waals surface area contributed by atoms with E-state index in [2.05, 4.69) is 41.5 Å².